The average molecular weight is 384 g/mol. The normalized spacial score (nSPS) is 12.9. The molecule has 3 rings (SSSR count). The molecule has 0 unspecified atom stereocenters. The van der Waals surface area contributed by atoms with E-state index in [0.29, 0.717) is 45.1 Å². The van der Waals surface area contributed by atoms with Gasteiger partial charge in [0, 0.05) is 31.1 Å². The Morgan fingerprint density at radius 1 is 1.21 bits per heavy atom. The summed E-state index contributed by atoms with van der Waals surface area (Å²) in [5, 5.41) is 2.96. The van der Waals surface area contributed by atoms with Crippen molar-refractivity contribution in [1.82, 2.24) is 10.3 Å². The summed E-state index contributed by atoms with van der Waals surface area (Å²) in [6, 6.07) is 9.66. The summed E-state index contributed by atoms with van der Waals surface area (Å²) in [7, 11) is 0. The van der Waals surface area contributed by atoms with Crippen molar-refractivity contribution in [3.05, 3.63) is 47.7 Å². The molecule has 0 saturated heterocycles. The molecule has 0 radical (unpaired) electrons. The number of hydrogen-bond donors (Lipinski definition) is 1. The third kappa shape index (κ3) is 5.87. The highest BCUT2D eigenvalue weighted by molar-refractivity contribution is 5.76. The summed E-state index contributed by atoms with van der Waals surface area (Å²) in [5.74, 6) is 2.13. The van der Waals surface area contributed by atoms with Crippen LogP contribution in [0.4, 0.5) is 0 Å². The molecule has 150 valence electrons. The number of carbonyl (C=O) groups is 1. The third-order valence-electron chi connectivity index (χ3n) is 4.52. The molecule has 1 aromatic heterocycles. The van der Waals surface area contributed by atoms with E-state index in [-0.39, 0.29) is 5.91 Å². The Kier molecular flexibility index (Phi) is 7.53. The van der Waals surface area contributed by atoms with Crippen molar-refractivity contribution in [2.45, 2.75) is 45.6 Å². The maximum Gasteiger partial charge on any atom is 0.220 e. The number of rotatable bonds is 9. The standard InChI is InChI=1S/C22H28N2O4/c1-2-3-12-28-22-18(6-4-11-23-22)16-24-21(25)10-8-17-7-9-19-20(15-17)27-14-5-13-26-19/h4,6-7,9,11,15H,2-3,5,8,10,12-14,16H2,1H3,(H,24,25). The van der Waals surface area contributed by atoms with E-state index in [1.54, 1.807) is 6.20 Å². The van der Waals surface area contributed by atoms with Crippen molar-refractivity contribution in [1.29, 1.82) is 0 Å². The van der Waals surface area contributed by atoms with Crippen LogP contribution in [-0.4, -0.2) is 30.7 Å². The zero-order valence-electron chi connectivity index (χ0n) is 16.4. The number of aryl methyl sites for hydroxylation is 1. The Bertz CT molecular complexity index is 779. The predicted molar refractivity (Wildman–Crippen MR) is 107 cm³/mol. The molecule has 0 fully saturated rings. The van der Waals surface area contributed by atoms with E-state index in [4.69, 9.17) is 14.2 Å². The quantitative estimate of drug-likeness (QED) is 0.668. The predicted octanol–water partition coefficient (Wildman–Crippen LogP) is 3.67. The number of carbonyl (C=O) groups excluding carboxylic acids is 1. The summed E-state index contributed by atoms with van der Waals surface area (Å²) in [4.78, 5) is 16.5. The van der Waals surface area contributed by atoms with Gasteiger partial charge in [-0.2, -0.15) is 0 Å². The lowest BCUT2D eigenvalue weighted by Crippen LogP contribution is -2.23. The Morgan fingerprint density at radius 2 is 2.07 bits per heavy atom. The number of ether oxygens (including phenoxy) is 3. The van der Waals surface area contributed by atoms with E-state index in [0.717, 1.165) is 41.9 Å². The minimum absolute atomic E-state index is 0.00419. The lowest BCUT2D eigenvalue weighted by Gasteiger charge is -2.11. The van der Waals surface area contributed by atoms with E-state index >= 15 is 0 Å². The Balaban J connectivity index is 1.48. The van der Waals surface area contributed by atoms with Crippen molar-refractivity contribution in [2.75, 3.05) is 19.8 Å². The highest BCUT2D eigenvalue weighted by atomic mass is 16.5. The van der Waals surface area contributed by atoms with Gasteiger partial charge in [-0.3, -0.25) is 4.79 Å². The molecule has 1 N–H and O–H groups in total. The van der Waals surface area contributed by atoms with Crippen LogP contribution in [0.3, 0.4) is 0 Å². The van der Waals surface area contributed by atoms with Gasteiger partial charge in [-0.25, -0.2) is 4.98 Å². The fraction of sp³-hybridized carbons (Fsp3) is 0.455. The molecule has 0 atom stereocenters. The highest BCUT2D eigenvalue weighted by Crippen LogP contribution is 2.30. The molecule has 1 aromatic carbocycles. The van der Waals surface area contributed by atoms with Crippen LogP contribution in [0, 0.1) is 0 Å². The van der Waals surface area contributed by atoms with Gasteiger partial charge in [0.25, 0.3) is 0 Å². The van der Waals surface area contributed by atoms with Gasteiger partial charge in [0.2, 0.25) is 11.8 Å². The van der Waals surface area contributed by atoms with Gasteiger partial charge in [-0.05, 0) is 36.6 Å². The molecule has 0 aliphatic carbocycles. The largest absolute Gasteiger partial charge is 0.490 e. The van der Waals surface area contributed by atoms with Crippen LogP contribution in [0.1, 0.15) is 43.7 Å². The first-order valence-corrected chi connectivity index (χ1v) is 9.98. The van der Waals surface area contributed by atoms with E-state index in [1.165, 1.54) is 0 Å². The van der Waals surface area contributed by atoms with Crippen LogP contribution in [0.15, 0.2) is 36.5 Å². The molecule has 1 amide bonds. The van der Waals surface area contributed by atoms with E-state index in [1.807, 2.05) is 30.3 Å². The summed E-state index contributed by atoms with van der Waals surface area (Å²) >= 11 is 0. The highest BCUT2D eigenvalue weighted by Gasteiger charge is 2.12. The number of hydrogen-bond acceptors (Lipinski definition) is 5. The van der Waals surface area contributed by atoms with E-state index in [2.05, 4.69) is 17.2 Å². The summed E-state index contributed by atoms with van der Waals surface area (Å²) in [6.45, 7) is 4.50. The number of unbranched alkanes of at least 4 members (excludes halogenated alkanes) is 1. The van der Waals surface area contributed by atoms with Gasteiger partial charge in [-0.1, -0.05) is 25.5 Å². The monoisotopic (exact) mass is 384 g/mol. The van der Waals surface area contributed by atoms with Crippen LogP contribution < -0.4 is 19.5 Å². The molecule has 6 nitrogen and oxygen atoms in total. The number of aromatic nitrogens is 1. The van der Waals surface area contributed by atoms with Crippen molar-refractivity contribution < 1.29 is 19.0 Å². The van der Waals surface area contributed by atoms with Crippen LogP contribution in [0.25, 0.3) is 0 Å². The average Bonchev–Trinajstić information content (AvgIpc) is 2.96. The van der Waals surface area contributed by atoms with Crippen molar-refractivity contribution in [2.24, 2.45) is 0 Å². The van der Waals surface area contributed by atoms with Crippen LogP contribution >= 0.6 is 0 Å². The van der Waals surface area contributed by atoms with Gasteiger partial charge in [0.05, 0.1) is 19.8 Å². The first-order chi connectivity index (χ1) is 13.8. The van der Waals surface area contributed by atoms with Gasteiger partial charge in [0.1, 0.15) is 0 Å². The fourth-order valence-electron chi connectivity index (χ4n) is 2.91. The number of amides is 1. The topological polar surface area (TPSA) is 69.7 Å². The molecule has 1 aliphatic heterocycles. The molecule has 28 heavy (non-hydrogen) atoms. The molecule has 2 heterocycles. The van der Waals surface area contributed by atoms with Crippen LogP contribution in [0.5, 0.6) is 17.4 Å². The molecular formula is C22H28N2O4. The lowest BCUT2D eigenvalue weighted by molar-refractivity contribution is -0.121. The summed E-state index contributed by atoms with van der Waals surface area (Å²) in [5.41, 5.74) is 1.95. The molecule has 6 heteroatoms. The number of nitrogens with one attached hydrogen (secondary N) is 1. The lowest BCUT2D eigenvalue weighted by atomic mass is 10.1. The Labute approximate surface area is 166 Å². The fourth-order valence-corrected chi connectivity index (χ4v) is 2.91. The minimum atomic E-state index is -0.00419. The zero-order valence-corrected chi connectivity index (χ0v) is 16.4. The van der Waals surface area contributed by atoms with Gasteiger partial charge in [0.15, 0.2) is 11.5 Å². The second-order valence-electron chi connectivity index (χ2n) is 6.78. The number of pyridine rings is 1. The van der Waals surface area contributed by atoms with Crippen LogP contribution in [0.2, 0.25) is 0 Å². The third-order valence-corrected chi connectivity index (χ3v) is 4.52. The molecule has 0 saturated carbocycles. The van der Waals surface area contributed by atoms with Crippen molar-refractivity contribution in [3.63, 3.8) is 0 Å². The zero-order chi connectivity index (χ0) is 19.6. The molecule has 2 aromatic rings. The smallest absolute Gasteiger partial charge is 0.220 e. The molecule has 0 spiro atoms. The van der Waals surface area contributed by atoms with Gasteiger partial charge < -0.3 is 19.5 Å². The summed E-state index contributed by atoms with van der Waals surface area (Å²) < 4.78 is 17.1. The number of nitrogens with zero attached hydrogens (tertiary/aromatic N) is 1. The van der Waals surface area contributed by atoms with E-state index < -0.39 is 0 Å². The maximum atomic E-state index is 12.3. The molecular weight excluding hydrogens is 356 g/mol. The minimum Gasteiger partial charge on any atom is -0.490 e. The van der Waals surface area contributed by atoms with Crippen molar-refractivity contribution >= 4 is 5.91 Å². The Hall–Kier alpha value is -2.76. The number of fused-ring (bicyclic) bond motifs is 1. The SMILES string of the molecule is CCCCOc1ncccc1CNC(=O)CCc1ccc2c(c1)OCCCO2. The van der Waals surface area contributed by atoms with Gasteiger partial charge >= 0.3 is 0 Å². The first kappa shape index (κ1) is 20.0. The second kappa shape index (κ2) is 10.5. The number of benzene rings is 1. The maximum absolute atomic E-state index is 12.3. The molecule has 0 bridgehead atoms. The molecule has 1 aliphatic rings. The van der Waals surface area contributed by atoms with E-state index in [9.17, 15) is 4.79 Å². The first-order valence-electron chi connectivity index (χ1n) is 9.98. The van der Waals surface area contributed by atoms with Gasteiger partial charge in [-0.15, -0.1) is 0 Å². The van der Waals surface area contributed by atoms with Crippen LogP contribution in [-0.2, 0) is 17.8 Å². The van der Waals surface area contributed by atoms with Crippen molar-refractivity contribution in [3.8, 4) is 17.4 Å². The Morgan fingerprint density at radius 3 is 2.93 bits per heavy atom. The summed E-state index contributed by atoms with van der Waals surface area (Å²) in [6.07, 6.45) is 5.69. The second-order valence-corrected chi connectivity index (χ2v) is 6.78.